The molecule has 0 bridgehead atoms. The first-order valence-electron chi connectivity index (χ1n) is 6.97. The number of carboxylic acid groups (broad SMARTS) is 1. The van der Waals surface area contributed by atoms with Gasteiger partial charge in [0.15, 0.2) is 0 Å². The van der Waals surface area contributed by atoms with Crippen LogP contribution in [0.3, 0.4) is 0 Å². The summed E-state index contributed by atoms with van der Waals surface area (Å²) in [4.78, 5) is 39.4. The minimum Gasteiger partial charge on any atom is -0.481 e. The molecule has 1 N–H and O–H groups in total. The molecule has 1 aliphatic rings. The van der Waals surface area contributed by atoms with Gasteiger partial charge in [-0.15, -0.1) is 0 Å². The fourth-order valence-electron chi connectivity index (χ4n) is 3.06. The minimum atomic E-state index is -1.13. The van der Waals surface area contributed by atoms with Gasteiger partial charge in [0.1, 0.15) is 18.2 Å². The fourth-order valence-corrected chi connectivity index (χ4v) is 3.33. The van der Waals surface area contributed by atoms with Crippen molar-refractivity contribution < 1.29 is 24.2 Å². The molecule has 0 saturated heterocycles. The lowest BCUT2D eigenvalue weighted by molar-refractivity contribution is -0.150. The Labute approximate surface area is 138 Å². The molecule has 1 aromatic carbocycles. The number of hydrogen-bond donors (Lipinski definition) is 1. The molecule has 0 aliphatic carbocycles. The standard InChI is InChI=1S/C16H16ClNO5/c1-8-12(15(20)21)13(9-5-3-4-6-10(9)17)14(16(22)23-2)11(7-19)18-8/h3-7,11-14H,1-2H3,(H,20,21). The van der Waals surface area contributed by atoms with Crippen LogP contribution >= 0.6 is 11.6 Å². The van der Waals surface area contributed by atoms with E-state index in [1.54, 1.807) is 24.3 Å². The van der Waals surface area contributed by atoms with Crippen molar-refractivity contribution >= 4 is 35.5 Å². The molecule has 0 spiro atoms. The number of aliphatic imine (C=N–C) groups is 1. The summed E-state index contributed by atoms with van der Waals surface area (Å²) < 4.78 is 4.77. The van der Waals surface area contributed by atoms with Gasteiger partial charge < -0.3 is 14.6 Å². The Hall–Kier alpha value is -2.21. The molecular formula is C16H16ClNO5. The maximum atomic E-state index is 12.2. The predicted molar refractivity (Wildman–Crippen MR) is 83.8 cm³/mol. The highest BCUT2D eigenvalue weighted by Crippen LogP contribution is 2.42. The van der Waals surface area contributed by atoms with Crippen molar-refractivity contribution in [2.75, 3.05) is 7.11 Å². The highest BCUT2D eigenvalue weighted by atomic mass is 35.5. The molecule has 0 amide bonds. The number of methoxy groups -OCH3 is 1. The van der Waals surface area contributed by atoms with Gasteiger partial charge in [0, 0.05) is 16.7 Å². The van der Waals surface area contributed by atoms with E-state index in [2.05, 4.69) is 4.99 Å². The number of carbonyl (C=O) groups is 3. The molecule has 0 saturated carbocycles. The van der Waals surface area contributed by atoms with Crippen LogP contribution in [0, 0.1) is 11.8 Å². The van der Waals surface area contributed by atoms with Gasteiger partial charge in [-0.25, -0.2) is 0 Å². The van der Waals surface area contributed by atoms with E-state index in [4.69, 9.17) is 16.3 Å². The number of esters is 1. The fraction of sp³-hybridized carbons (Fsp3) is 0.375. The van der Waals surface area contributed by atoms with Crippen molar-refractivity contribution in [3.05, 3.63) is 34.9 Å². The van der Waals surface area contributed by atoms with E-state index in [0.717, 1.165) is 0 Å². The first-order valence-corrected chi connectivity index (χ1v) is 7.34. The molecule has 6 nitrogen and oxygen atoms in total. The van der Waals surface area contributed by atoms with Gasteiger partial charge in [-0.05, 0) is 18.6 Å². The third-order valence-corrected chi connectivity index (χ3v) is 4.40. The molecule has 23 heavy (non-hydrogen) atoms. The molecular weight excluding hydrogens is 322 g/mol. The van der Waals surface area contributed by atoms with Crippen molar-refractivity contribution in [3.63, 3.8) is 0 Å². The number of halogens is 1. The van der Waals surface area contributed by atoms with Crippen LogP contribution in [0.15, 0.2) is 29.3 Å². The molecule has 1 heterocycles. The lowest BCUT2D eigenvalue weighted by Gasteiger charge is -2.36. The average Bonchev–Trinajstić information content (AvgIpc) is 2.53. The largest absolute Gasteiger partial charge is 0.481 e. The third-order valence-electron chi connectivity index (χ3n) is 4.06. The Morgan fingerprint density at radius 2 is 2.00 bits per heavy atom. The number of nitrogens with zero attached hydrogens (tertiary/aromatic N) is 1. The maximum absolute atomic E-state index is 12.2. The molecule has 122 valence electrons. The normalized spacial score (nSPS) is 27.0. The van der Waals surface area contributed by atoms with E-state index in [-0.39, 0.29) is 5.71 Å². The second kappa shape index (κ2) is 6.91. The van der Waals surface area contributed by atoms with Crippen LogP contribution in [-0.2, 0) is 19.1 Å². The number of ether oxygens (including phenoxy) is 1. The van der Waals surface area contributed by atoms with Gasteiger partial charge in [-0.2, -0.15) is 0 Å². The first kappa shape index (κ1) is 17.1. The van der Waals surface area contributed by atoms with Crippen LogP contribution in [0.4, 0.5) is 0 Å². The monoisotopic (exact) mass is 337 g/mol. The number of carbonyl (C=O) groups excluding carboxylic acids is 2. The van der Waals surface area contributed by atoms with Crippen molar-refractivity contribution in [1.82, 2.24) is 0 Å². The van der Waals surface area contributed by atoms with E-state index in [9.17, 15) is 19.5 Å². The van der Waals surface area contributed by atoms with E-state index < -0.39 is 35.7 Å². The summed E-state index contributed by atoms with van der Waals surface area (Å²) in [7, 11) is 1.19. The summed E-state index contributed by atoms with van der Waals surface area (Å²) >= 11 is 6.21. The smallest absolute Gasteiger partial charge is 0.312 e. The van der Waals surface area contributed by atoms with Gasteiger partial charge in [0.05, 0.1) is 13.0 Å². The number of aldehydes is 1. The molecule has 0 fully saturated rings. The van der Waals surface area contributed by atoms with Crippen LogP contribution < -0.4 is 0 Å². The van der Waals surface area contributed by atoms with Crippen molar-refractivity contribution in [2.24, 2.45) is 16.8 Å². The van der Waals surface area contributed by atoms with Gasteiger partial charge in [0.25, 0.3) is 0 Å². The Kier molecular flexibility index (Phi) is 5.15. The molecule has 4 unspecified atom stereocenters. The summed E-state index contributed by atoms with van der Waals surface area (Å²) in [6, 6.07) is 5.67. The summed E-state index contributed by atoms with van der Waals surface area (Å²) in [6.45, 7) is 1.53. The Morgan fingerprint density at radius 1 is 1.35 bits per heavy atom. The topological polar surface area (TPSA) is 93.0 Å². The summed E-state index contributed by atoms with van der Waals surface area (Å²) in [5.41, 5.74) is 0.762. The quantitative estimate of drug-likeness (QED) is 0.669. The zero-order valence-electron chi connectivity index (χ0n) is 12.6. The van der Waals surface area contributed by atoms with Crippen LogP contribution in [0.1, 0.15) is 18.4 Å². The van der Waals surface area contributed by atoms with Gasteiger partial charge in [-0.3, -0.25) is 14.6 Å². The minimum absolute atomic E-state index is 0.277. The Morgan fingerprint density at radius 3 is 2.52 bits per heavy atom. The Bertz CT molecular complexity index is 672. The third kappa shape index (κ3) is 3.12. The Balaban J connectivity index is 2.69. The SMILES string of the molecule is COC(=O)C1C(C=O)N=C(C)C(C(=O)O)C1c1ccccc1Cl. The van der Waals surface area contributed by atoms with E-state index in [0.29, 0.717) is 16.9 Å². The van der Waals surface area contributed by atoms with Crippen LogP contribution in [0.5, 0.6) is 0 Å². The van der Waals surface area contributed by atoms with Gasteiger partial charge >= 0.3 is 11.9 Å². The molecule has 0 radical (unpaired) electrons. The van der Waals surface area contributed by atoms with Crippen LogP contribution in [-0.4, -0.2) is 42.2 Å². The lowest BCUT2D eigenvalue weighted by Crippen LogP contribution is -2.46. The van der Waals surface area contributed by atoms with E-state index in [1.807, 2.05) is 0 Å². The van der Waals surface area contributed by atoms with E-state index in [1.165, 1.54) is 14.0 Å². The van der Waals surface area contributed by atoms with Crippen LogP contribution in [0.2, 0.25) is 5.02 Å². The molecule has 1 aliphatic heterocycles. The zero-order valence-corrected chi connectivity index (χ0v) is 13.4. The van der Waals surface area contributed by atoms with Crippen molar-refractivity contribution in [1.29, 1.82) is 0 Å². The number of aliphatic carboxylic acids is 1. The number of carboxylic acids is 1. The van der Waals surface area contributed by atoms with Gasteiger partial charge in [0.2, 0.25) is 0 Å². The summed E-state index contributed by atoms with van der Waals surface area (Å²) in [6.07, 6.45) is 0.535. The zero-order chi connectivity index (χ0) is 17.1. The summed E-state index contributed by atoms with van der Waals surface area (Å²) in [5.74, 6) is -4.75. The molecule has 0 aromatic heterocycles. The maximum Gasteiger partial charge on any atom is 0.312 e. The number of rotatable bonds is 4. The average molecular weight is 338 g/mol. The highest BCUT2D eigenvalue weighted by Gasteiger charge is 2.49. The number of hydrogen-bond acceptors (Lipinski definition) is 5. The van der Waals surface area contributed by atoms with E-state index >= 15 is 0 Å². The second-order valence-electron chi connectivity index (χ2n) is 5.31. The first-order chi connectivity index (χ1) is 10.9. The predicted octanol–water partition coefficient (Wildman–Crippen LogP) is 1.96. The van der Waals surface area contributed by atoms with Crippen molar-refractivity contribution in [2.45, 2.75) is 18.9 Å². The highest BCUT2D eigenvalue weighted by molar-refractivity contribution is 6.31. The second-order valence-corrected chi connectivity index (χ2v) is 5.72. The number of benzene rings is 1. The van der Waals surface area contributed by atoms with Gasteiger partial charge in [-0.1, -0.05) is 29.8 Å². The lowest BCUT2D eigenvalue weighted by atomic mass is 9.70. The van der Waals surface area contributed by atoms with Crippen molar-refractivity contribution in [3.8, 4) is 0 Å². The molecule has 7 heteroatoms. The molecule has 1 aromatic rings. The molecule has 4 atom stereocenters. The molecule has 2 rings (SSSR count). The van der Waals surface area contributed by atoms with Crippen LogP contribution in [0.25, 0.3) is 0 Å². The summed E-state index contributed by atoms with van der Waals surface area (Å²) in [5, 5.41) is 9.93.